The average Bonchev–Trinajstić information content (AvgIpc) is 3.37. The smallest absolute Gasteiger partial charge is 0.280 e. The molecule has 3 atom stereocenters. The predicted molar refractivity (Wildman–Crippen MR) is 146 cm³/mol. The van der Waals surface area contributed by atoms with Crippen LogP contribution in [0.1, 0.15) is 22.8 Å². The molecule has 0 bridgehead atoms. The summed E-state index contributed by atoms with van der Waals surface area (Å²) in [4.78, 5) is 6.44. The van der Waals surface area contributed by atoms with E-state index in [9.17, 15) is 13.5 Å². The van der Waals surface area contributed by atoms with E-state index in [0.29, 0.717) is 11.5 Å². The molecule has 1 aliphatic heterocycles. The first-order chi connectivity index (χ1) is 18.0. The third kappa shape index (κ3) is 5.47. The molecule has 188 valence electrons. The third-order valence-electron chi connectivity index (χ3n) is 6.03. The highest BCUT2D eigenvalue weighted by Gasteiger charge is 2.39. The van der Waals surface area contributed by atoms with E-state index < -0.39 is 33.3 Å². The Balaban J connectivity index is 1.56. The maximum Gasteiger partial charge on any atom is 0.280 e. The fraction of sp³-hybridized carbons (Fsp3) is 0.138. The maximum absolute atomic E-state index is 13.5. The predicted octanol–water partition coefficient (Wildman–Crippen LogP) is 4.80. The van der Waals surface area contributed by atoms with Crippen molar-refractivity contribution in [3.8, 4) is 0 Å². The van der Waals surface area contributed by atoms with Crippen molar-refractivity contribution in [1.29, 1.82) is 0 Å². The van der Waals surface area contributed by atoms with Crippen molar-refractivity contribution >= 4 is 27.0 Å². The lowest BCUT2D eigenvalue weighted by Gasteiger charge is -2.17. The second-order valence-corrected chi connectivity index (χ2v) is 12.3. The number of ether oxygens (including phenoxy) is 1. The van der Waals surface area contributed by atoms with Crippen molar-refractivity contribution in [1.82, 2.24) is 4.13 Å². The summed E-state index contributed by atoms with van der Waals surface area (Å²) in [5.41, 5.74) is 2.58. The first-order valence-corrected chi connectivity index (χ1v) is 14.6. The molecule has 6 nitrogen and oxygen atoms in total. The Hall–Kier alpha value is -3.43. The summed E-state index contributed by atoms with van der Waals surface area (Å²) in [6, 6.07) is 32.9. The molecule has 5 rings (SSSR count). The van der Waals surface area contributed by atoms with E-state index in [2.05, 4.69) is 4.13 Å². The third-order valence-corrected chi connectivity index (χ3v) is 10.0. The van der Waals surface area contributed by atoms with Crippen molar-refractivity contribution in [2.24, 2.45) is 4.99 Å². The zero-order chi connectivity index (χ0) is 25.8. The Morgan fingerprint density at radius 1 is 0.865 bits per heavy atom. The normalized spacial score (nSPS) is 18.2. The van der Waals surface area contributed by atoms with Crippen LogP contribution in [0.25, 0.3) is 0 Å². The van der Waals surface area contributed by atoms with Gasteiger partial charge in [-0.3, -0.25) is 0 Å². The van der Waals surface area contributed by atoms with Gasteiger partial charge in [0.2, 0.25) is 5.90 Å². The lowest BCUT2D eigenvalue weighted by molar-refractivity contribution is 0.151. The molecule has 1 aliphatic rings. The molecular formula is C29H27N2O4S2+. The van der Waals surface area contributed by atoms with Crippen LogP contribution < -0.4 is 4.13 Å². The molecule has 0 aromatic heterocycles. The Kier molecular flexibility index (Phi) is 7.43. The summed E-state index contributed by atoms with van der Waals surface area (Å²) in [5.74, 6) is 0.381. The van der Waals surface area contributed by atoms with E-state index in [1.54, 1.807) is 24.3 Å². The molecule has 37 heavy (non-hydrogen) atoms. The zero-order valence-electron chi connectivity index (χ0n) is 20.2. The van der Waals surface area contributed by atoms with Crippen LogP contribution in [0.15, 0.2) is 129 Å². The van der Waals surface area contributed by atoms with Crippen molar-refractivity contribution in [3.05, 3.63) is 126 Å². The fourth-order valence-electron chi connectivity index (χ4n) is 4.12. The van der Waals surface area contributed by atoms with E-state index in [0.717, 1.165) is 20.9 Å². The molecule has 0 saturated heterocycles. The average molecular weight is 532 g/mol. The SMILES string of the molecule is Cc1ccc(S(=O)(=O)N[S+](c2ccccc2)c2ccccc2C2=N[C@@H](CO)[C@H](c3ccccc3)O2)cc1. The minimum atomic E-state index is -3.84. The molecule has 0 amide bonds. The lowest BCUT2D eigenvalue weighted by Crippen LogP contribution is -2.32. The Morgan fingerprint density at radius 2 is 1.49 bits per heavy atom. The van der Waals surface area contributed by atoms with Crippen LogP contribution in [0.5, 0.6) is 0 Å². The van der Waals surface area contributed by atoms with Crippen molar-refractivity contribution in [3.63, 3.8) is 0 Å². The van der Waals surface area contributed by atoms with Crippen LogP contribution in [0.2, 0.25) is 0 Å². The fourth-order valence-corrected chi connectivity index (χ4v) is 7.90. The van der Waals surface area contributed by atoms with Gasteiger partial charge in [-0.25, -0.2) is 13.4 Å². The molecule has 4 aromatic carbocycles. The number of hydrogen-bond acceptors (Lipinski definition) is 5. The molecule has 0 fully saturated rings. The van der Waals surface area contributed by atoms with Gasteiger partial charge in [0.05, 0.1) is 17.1 Å². The van der Waals surface area contributed by atoms with Gasteiger partial charge in [-0.05, 0) is 53.0 Å². The summed E-state index contributed by atoms with van der Waals surface area (Å²) >= 11 is -1.06. The molecule has 1 heterocycles. The van der Waals surface area contributed by atoms with E-state index in [4.69, 9.17) is 9.73 Å². The zero-order valence-corrected chi connectivity index (χ0v) is 21.8. The number of aliphatic imine (C=N–C) groups is 1. The number of nitrogens with one attached hydrogen (secondary N) is 1. The monoisotopic (exact) mass is 531 g/mol. The summed E-state index contributed by atoms with van der Waals surface area (Å²) in [5, 5.41) is 10.0. The number of sulfonamides is 1. The van der Waals surface area contributed by atoms with E-state index in [1.807, 2.05) is 91.9 Å². The number of aliphatic hydroxyl groups is 1. The maximum atomic E-state index is 13.5. The first kappa shape index (κ1) is 25.2. The number of aryl methyl sites for hydroxylation is 1. The van der Waals surface area contributed by atoms with Crippen LogP contribution >= 0.6 is 0 Å². The summed E-state index contributed by atoms with van der Waals surface area (Å²) in [6.07, 6.45) is -0.433. The van der Waals surface area contributed by atoms with Crippen LogP contribution in [0.4, 0.5) is 0 Å². The molecule has 0 radical (unpaired) electrons. The van der Waals surface area contributed by atoms with Crippen LogP contribution in [0.3, 0.4) is 0 Å². The number of nitrogens with zero attached hydrogens (tertiary/aromatic N) is 1. The first-order valence-electron chi connectivity index (χ1n) is 11.8. The minimum Gasteiger partial charge on any atom is -0.467 e. The van der Waals surface area contributed by atoms with E-state index in [-0.39, 0.29) is 11.5 Å². The van der Waals surface area contributed by atoms with Gasteiger partial charge in [-0.2, -0.15) is 0 Å². The highest BCUT2D eigenvalue weighted by atomic mass is 32.3. The van der Waals surface area contributed by atoms with Crippen molar-refractivity contribution in [2.75, 3.05) is 6.61 Å². The van der Waals surface area contributed by atoms with Gasteiger partial charge in [0, 0.05) is 0 Å². The van der Waals surface area contributed by atoms with Gasteiger partial charge in [0.1, 0.15) is 6.04 Å². The summed E-state index contributed by atoms with van der Waals surface area (Å²) in [6.45, 7) is 1.74. The molecule has 0 spiro atoms. The topological polar surface area (TPSA) is 88.0 Å². The number of rotatable bonds is 8. The van der Waals surface area contributed by atoms with Gasteiger partial charge in [-0.1, -0.05) is 78.4 Å². The van der Waals surface area contributed by atoms with Gasteiger partial charge in [-0.15, -0.1) is 0 Å². The number of benzene rings is 4. The Bertz CT molecular complexity index is 1490. The van der Waals surface area contributed by atoms with Gasteiger partial charge in [0.25, 0.3) is 10.0 Å². The highest BCUT2D eigenvalue weighted by molar-refractivity contribution is 8.07. The van der Waals surface area contributed by atoms with E-state index >= 15 is 0 Å². The molecule has 0 saturated carbocycles. The van der Waals surface area contributed by atoms with Crippen LogP contribution in [-0.2, 0) is 25.8 Å². The number of aliphatic hydroxyl groups excluding tert-OH is 1. The Labute approximate surface area is 220 Å². The van der Waals surface area contributed by atoms with Crippen molar-refractivity contribution < 1.29 is 18.3 Å². The molecule has 0 aliphatic carbocycles. The second kappa shape index (κ2) is 10.9. The second-order valence-electron chi connectivity index (χ2n) is 8.65. The van der Waals surface area contributed by atoms with Gasteiger partial charge >= 0.3 is 0 Å². The van der Waals surface area contributed by atoms with Crippen LogP contribution in [0, 0.1) is 6.92 Å². The number of hydrogen-bond donors (Lipinski definition) is 2. The minimum absolute atomic E-state index is 0.171. The van der Waals surface area contributed by atoms with E-state index in [1.165, 1.54) is 0 Å². The quantitative estimate of drug-likeness (QED) is 0.320. The highest BCUT2D eigenvalue weighted by Crippen LogP contribution is 2.34. The van der Waals surface area contributed by atoms with Crippen LogP contribution in [-0.4, -0.2) is 32.1 Å². The summed E-state index contributed by atoms with van der Waals surface area (Å²) in [7, 11) is -3.84. The van der Waals surface area contributed by atoms with Gasteiger partial charge < -0.3 is 9.84 Å². The molecule has 8 heteroatoms. The van der Waals surface area contributed by atoms with Crippen molar-refractivity contribution in [2.45, 2.75) is 33.8 Å². The van der Waals surface area contributed by atoms with Gasteiger partial charge in [0.15, 0.2) is 27.0 Å². The molecule has 1 unspecified atom stereocenters. The lowest BCUT2D eigenvalue weighted by atomic mass is 10.0. The molecule has 4 aromatic rings. The standard InChI is InChI=1S/C29H27N2O4S2/c1-21-16-18-24(19-17-21)37(33,34)31-36(23-12-6-3-7-13-23)27-15-9-8-14-25(27)29-30-26(20-32)28(35-29)22-10-4-2-5-11-22/h2-19,26,28,31-32H,20H2,1H3/q+1/t26-,28-,36?/m0/s1. The Morgan fingerprint density at radius 3 is 2.16 bits per heavy atom. The largest absolute Gasteiger partial charge is 0.467 e. The summed E-state index contributed by atoms with van der Waals surface area (Å²) < 4.78 is 36.2. The molecular weight excluding hydrogens is 504 g/mol. The molecule has 2 N–H and O–H groups in total.